The molecular weight excluding hydrogens is 709 g/mol. The van der Waals surface area contributed by atoms with Gasteiger partial charge in [-0.05, 0) is 92.5 Å². The van der Waals surface area contributed by atoms with Crippen molar-refractivity contribution >= 4 is 72.6 Å². The van der Waals surface area contributed by atoms with E-state index in [9.17, 15) is 0 Å². The topological polar surface area (TPSA) is 23.0 Å². The van der Waals surface area contributed by atoms with Crippen LogP contribution in [0.5, 0.6) is 0 Å². The third-order valence-electron chi connectivity index (χ3n) is 11.9. The van der Waals surface area contributed by atoms with Crippen LogP contribution in [-0.2, 0) is 7.05 Å². The highest BCUT2D eigenvalue weighted by Crippen LogP contribution is 2.37. The lowest BCUT2D eigenvalue weighted by Crippen LogP contribution is -2.74. The number of hydrogen-bond donors (Lipinski definition) is 0. The van der Waals surface area contributed by atoms with E-state index in [1.807, 2.05) is 0 Å². The Morgan fingerprint density at radius 2 is 0.842 bits per heavy atom. The van der Waals surface area contributed by atoms with Gasteiger partial charge in [-0.15, -0.1) is 0 Å². The number of fused-ring (bicyclic) bond motifs is 6. The zero-order valence-electron chi connectivity index (χ0n) is 31.5. The first-order valence-electron chi connectivity index (χ1n) is 19.6. The van der Waals surface area contributed by atoms with E-state index < -0.39 is 8.07 Å². The average molecular weight is 747 g/mol. The third kappa shape index (κ3) is 5.18. The molecule has 0 aliphatic heterocycles. The number of para-hydroxylation sites is 2. The van der Waals surface area contributed by atoms with Crippen LogP contribution >= 0.6 is 0 Å². The van der Waals surface area contributed by atoms with Gasteiger partial charge in [-0.25, -0.2) is 0 Å². The number of aromatic nitrogens is 2. The van der Waals surface area contributed by atoms with Crippen molar-refractivity contribution in [3.63, 3.8) is 0 Å². The molecule has 11 rings (SSSR count). The van der Waals surface area contributed by atoms with Crippen molar-refractivity contribution in [1.29, 1.82) is 0 Å². The molecule has 0 atom stereocenters. The highest BCUT2D eigenvalue weighted by molar-refractivity contribution is 7.19. The van der Waals surface area contributed by atoms with Crippen molar-refractivity contribution in [3.05, 3.63) is 212 Å². The van der Waals surface area contributed by atoms with Gasteiger partial charge in [0.05, 0.1) is 11.0 Å². The Labute approximate surface area is 332 Å². The summed E-state index contributed by atoms with van der Waals surface area (Å²) in [5.74, 6) is 0. The normalized spacial score (nSPS) is 11.9. The van der Waals surface area contributed by atoms with Crippen LogP contribution in [0.25, 0.3) is 71.9 Å². The van der Waals surface area contributed by atoms with Gasteiger partial charge in [0.15, 0.2) is 8.07 Å². The number of hydrogen-bond acceptors (Lipinski definition) is 1. The summed E-state index contributed by atoms with van der Waals surface area (Å²) in [5, 5.41) is 10.2. The molecule has 0 bridgehead atoms. The van der Waals surface area contributed by atoms with Gasteiger partial charge in [-0.3, -0.25) is 0 Å². The molecule has 0 unspecified atom stereocenters. The number of nitrogens with zero attached hydrogens (tertiary/aromatic N) is 2. The highest BCUT2D eigenvalue weighted by atomic mass is 28.3. The molecule has 0 aliphatic rings. The van der Waals surface area contributed by atoms with E-state index >= 15 is 0 Å². The lowest BCUT2D eigenvalue weighted by molar-refractivity contribution is 0.669. The molecule has 0 aliphatic carbocycles. The minimum Gasteiger partial charge on any atom is -0.456 e. The van der Waals surface area contributed by atoms with Crippen LogP contribution in [0.3, 0.4) is 0 Å². The van der Waals surface area contributed by atoms with Crippen molar-refractivity contribution in [2.75, 3.05) is 0 Å². The number of furan rings is 1. The Morgan fingerprint density at radius 3 is 1.42 bits per heavy atom. The monoisotopic (exact) mass is 746 g/mol. The predicted molar refractivity (Wildman–Crippen MR) is 242 cm³/mol. The second kappa shape index (κ2) is 13.3. The average Bonchev–Trinajstić information content (AvgIpc) is 3.96. The Bertz CT molecular complexity index is 3100. The maximum atomic E-state index is 6.44. The van der Waals surface area contributed by atoms with Gasteiger partial charge in [-0.1, -0.05) is 152 Å². The van der Waals surface area contributed by atoms with Crippen LogP contribution in [-0.4, -0.2) is 17.2 Å². The summed E-state index contributed by atoms with van der Waals surface area (Å²) >= 11 is 0. The van der Waals surface area contributed by atoms with Crippen LogP contribution in [0.1, 0.15) is 0 Å². The van der Waals surface area contributed by atoms with E-state index in [1.165, 1.54) is 53.8 Å². The Balaban J connectivity index is 1.03. The van der Waals surface area contributed by atoms with Crippen LogP contribution in [0.15, 0.2) is 217 Å². The van der Waals surface area contributed by atoms with E-state index in [-0.39, 0.29) is 0 Å². The van der Waals surface area contributed by atoms with Gasteiger partial charge in [0.1, 0.15) is 11.2 Å². The Morgan fingerprint density at radius 1 is 0.368 bits per heavy atom. The predicted octanol–water partition coefficient (Wildman–Crippen LogP) is 10.7. The maximum absolute atomic E-state index is 6.44. The molecule has 0 N–H and O–H groups in total. The maximum Gasteiger partial charge on any atom is 0.179 e. The van der Waals surface area contributed by atoms with E-state index in [4.69, 9.17) is 4.42 Å². The number of benzene rings is 8. The summed E-state index contributed by atoms with van der Waals surface area (Å²) < 4.78 is 11.1. The van der Waals surface area contributed by atoms with Gasteiger partial charge in [-0.2, -0.15) is 0 Å². The lowest BCUT2D eigenvalue weighted by atomic mass is 10.1. The first-order valence-corrected chi connectivity index (χ1v) is 21.6. The smallest absolute Gasteiger partial charge is 0.179 e. The SMILES string of the molecule is Cn1c(-c2cccc([Si](c3ccccc3)(c3ccccc3)c3ccccc3)c2)ccc1-c1ccc2oc3ccc(-n4c5ccccc5c5ccccc54)cc3c2c1. The fourth-order valence-electron chi connectivity index (χ4n) is 9.33. The number of rotatable bonds is 7. The molecule has 11 aromatic rings. The molecule has 0 fully saturated rings. The minimum atomic E-state index is -2.66. The van der Waals surface area contributed by atoms with Crippen molar-refractivity contribution in [3.8, 4) is 28.2 Å². The molecule has 3 aromatic heterocycles. The molecule has 0 saturated heterocycles. The zero-order valence-corrected chi connectivity index (χ0v) is 32.5. The van der Waals surface area contributed by atoms with Gasteiger partial charge in [0.25, 0.3) is 0 Å². The van der Waals surface area contributed by atoms with Crippen LogP contribution in [0.4, 0.5) is 0 Å². The lowest BCUT2D eigenvalue weighted by Gasteiger charge is -2.34. The van der Waals surface area contributed by atoms with Gasteiger partial charge in [0, 0.05) is 45.7 Å². The fraction of sp³-hybridized carbons (Fsp3) is 0.0189. The van der Waals surface area contributed by atoms with E-state index in [2.05, 4.69) is 229 Å². The first-order chi connectivity index (χ1) is 28.2. The van der Waals surface area contributed by atoms with Crippen molar-refractivity contribution in [2.24, 2.45) is 7.05 Å². The van der Waals surface area contributed by atoms with Gasteiger partial charge < -0.3 is 13.6 Å². The van der Waals surface area contributed by atoms with Gasteiger partial charge in [0.2, 0.25) is 0 Å². The molecule has 3 nitrogen and oxygen atoms in total. The second-order valence-corrected chi connectivity index (χ2v) is 18.8. The molecule has 0 amide bonds. The molecule has 3 heterocycles. The molecule has 0 spiro atoms. The van der Waals surface area contributed by atoms with E-state index in [0.29, 0.717) is 0 Å². The van der Waals surface area contributed by atoms with E-state index in [0.717, 1.165) is 38.9 Å². The molecule has 0 saturated carbocycles. The Kier molecular flexibility index (Phi) is 7.73. The van der Waals surface area contributed by atoms with Crippen LogP contribution in [0.2, 0.25) is 0 Å². The minimum absolute atomic E-state index is 0.888. The summed E-state index contributed by atoms with van der Waals surface area (Å²) in [4.78, 5) is 0. The molecular formula is C53H38N2OSi. The summed E-state index contributed by atoms with van der Waals surface area (Å²) in [7, 11) is -0.478. The van der Waals surface area contributed by atoms with E-state index in [1.54, 1.807) is 0 Å². The van der Waals surface area contributed by atoms with Crippen LogP contribution < -0.4 is 20.7 Å². The van der Waals surface area contributed by atoms with Crippen molar-refractivity contribution in [2.45, 2.75) is 0 Å². The highest BCUT2D eigenvalue weighted by Gasteiger charge is 2.41. The second-order valence-electron chi connectivity index (χ2n) is 15.0. The quantitative estimate of drug-likeness (QED) is 0.118. The fourth-order valence-corrected chi connectivity index (χ4v) is 14.1. The van der Waals surface area contributed by atoms with Crippen molar-refractivity contribution < 1.29 is 4.42 Å². The summed E-state index contributed by atoms with van der Waals surface area (Å²) in [6, 6.07) is 77.7. The summed E-state index contributed by atoms with van der Waals surface area (Å²) in [6.45, 7) is 0. The Hall–Kier alpha value is -7.14. The standard InChI is InChI=1S/C53H38N2OSi/c1-54-48(37-16-15-23-43(34-37)57(40-17-5-2-6-18-40,41-19-7-3-8-20-41)42-21-9-4-10-22-42)30-31-49(54)38-28-32-52-46(35-38)47-36-39(29-33-53(47)56-52)55-50-26-13-11-24-44(50)45-25-12-14-27-51(45)55/h2-36H,1H3. The van der Waals surface area contributed by atoms with Crippen LogP contribution in [0, 0.1) is 0 Å². The molecule has 4 heteroatoms. The zero-order chi connectivity index (χ0) is 37.9. The summed E-state index contributed by atoms with van der Waals surface area (Å²) in [5.41, 5.74) is 9.97. The molecule has 270 valence electrons. The molecule has 57 heavy (non-hydrogen) atoms. The third-order valence-corrected chi connectivity index (χ3v) is 16.7. The van der Waals surface area contributed by atoms with Crippen molar-refractivity contribution in [1.82, 2.24) is 9.13 Å². The summed E-state index contributed by atoms with van der Waals surface area (Å²) in [6.07, 6.45) is 0. The first kappa shape index (κ1) is 33.2. The largest absolute Gasteiger partial charge is 0.456 e. The van der Waals surface area contributed by atoms with Gasteiger partial charge >= 0.3 is 0 Å². The molecule has 0 radical (unpaired) electrons. The molecule has 8 aromatic carbocycles.